The summed E-state index contributed by atoms with van der Waals surface area (Å²) in [7, 11) is 0. The van der Waals surface area contributed by atoms with E-state index in [0.29, 0.717) is 5.56 Å². The van der Waals surface area contributed by atoms with Crippen LogP contribution in [0.15, 0.2) is 29.2 Å². The number of phenolic OH excluding ortho intramolecular Hbond substituents is 1. The number of rotatable bonds is 4. The Morgan fingerprint density at radius 3 is 2.77 bits per heavy atom. The predicted octanol–water partition coefficient (Wildman–Crippen LogP) is 2.38. The van der Waals surface area contributed by atoms with Gasteiger partial charge in [0, 0.05) is 0 Å². The quantitative estimate of drug-likeness (QED) is 0.677. The van der Waals surface area contributed by atoms with Crippen LogP contribution in [0.25, 0.3) is 6.08 Å². The summed E-state index contributed by atoms with van der Waals surface area (Å²) in [4.78, 5) is 36.6. The Kier molecular flexibility index (Phi) is 4.87. The van der Waals surface area contributed by atoms with Crippen LogP contribution < -0.4 is 0 Å². The lowest BCUT2D eigenvalue weighted by molar-refractivity contribution is -0.149. The summed E-state index contributed by atoms with van der Waals surface area (Å²) in [5.74, 6) is -1.11. The fourth-order valence-electron chi connectivity index (χ4n) is 1.83. The van der Waals surface area contributed by atoms with Gasteiger partial charge < -0.3 is 9.84 Å². The number of phenols is 1. The SMILES string of the molecule is CC(C)OC(=O)CN1C(=O)S/C(=C/c2cccc(O)c2)C1=O. The average Bonchev–Trinajstić information content (AvgIpc) is 2.66. The van der Waals surface area contributed by atoms with Gasteiger partial charge in [0.15, 0.2) is 0 Å². The Labute approximate surface area is 131 Å². The predicted molar refractivity (Wildman–Crippen MR) is 82.0 cm³/mol. The second-order valence-corrected chi connectivity index (χ2v) is 5.89. The third-order valence-corrected chi connectivity index (χ3v) is 3.60. The number of esters is 1. The van der Waals surface area contributed by atoms with Crippen LogP contribution in [0.4, 0.5) is 4.79 Å². The molecule has 0 aliphatic carbocycles. The van der Waals surface area contributed by atoms with Crippen molar-refractivity contribution in [1.82, 2.24) is 4.90 Å². The number of imide groups is 1. The van der Waals surface area contributed by atoms with Crippen LogP contribution in [-0.4, -0.2) is 39.8 Å². The van der Waals surface area contributed by atoms with Gasteiger partial charge in [-0.1, -0.05) is 12.1 Å². The van der Waals surface area contributed by atoms with Crippen molar-refractivity contribution in [3.8, 4) is 5.75 Å². The number of hydrogen-bond donors (Lipinski definition) is 1. The van der Waals surface area contributed by atoms with Crippen LogP contribution in [0.2, 0.25) is 0 Å². The van der Waals surface area contributed by atoms with E-state index in [4.69, 9.17) is 4.74 Å². The topological polar surface area (TPSA) is 83.9 Å². The summed E-state index contributed by atoms with van der Waals surface area (Å²) in [5.41, 5.74) is 0.593. The minimum absolute atomic E-state index is 0.0634. The number of carbonyl (C=O) groups excluding carboxylic acids is 3. The fraction of sp³-hybridized carbons (Fsp3) is 0.267. The Morgan fingerprint density at radius 1 is 1.41 bits per heavy atom. The lowest BCUT2D eigenvalue weighted by Gasteiger charge is -2.13. The second kappa shape index (κ2) is 6.65. The van der Waals surface area contributed by atoms with Crippen molar-refractivity contribution < 1.29 is 24.2 Å². The van der Waals surface area contributed by atoms with Gasteiger partial charge in [0.05, 0.1) is 11.0 Å². The first kappa shape index (κ1) is 16.1. The van der Waals surface area contributed by atoms with E-state index in [-0.39, 0.29) is 16.8 Å². The van der Waals surface area contributed by atoms with Gasteiger partial charge in [0.2, 0.25) is 0 Å². The van der Waals surface area contributed by atoms with Crippen molar-refractivity contribution in [3.05, 3.63) is 34.7 Å². The van der Waals surface area contributed by atoms with Crippen molar-refractivity contribution in [2.45, 2.75) is 20.0 Å². The van der Waals surface area contributed by atoms with Crippen LogP contribution in [0, 0.1) is 0 Å². The number of benzene rings is 1. The third kappa shape index (κ3) is 3.88. The largest absolute Gasteiger partial charge is 0.508 e. The molecule has 2 rings (SSSR count). The first-order valence-electron chi connectivity index (χ1n) is 6.60. The summed E-state index contributed by atoms with van der Waals surface area (Å²) in [6.45, 7) is 2.97. The highest BCUT2D eigenvalue weighted by Crippen LogP contribution is 2.32. The van der Waals surface area contributed by atoms with Crippen LogP contribution in [0.3, 0.4) is 0 Å². The van der Waals surface area contributed by atoms with E-state index in [0.717, 1.165) is 16.7 Å². The van der Waals surface area contributed by atoms with Gasteiger partial charge in [-0.3, -0.25) is 19.3 Å². The van der Waals surface area contributed by atoms with Crippen molar-refractivity contribution >= 4 is 35.0 Å². The van der Waals surface area contributed by atoms with Gasteiger partial charge in [-0.05, 0) is 49.4 Å². The molecule has 0 radical (unpaired) electrons. The zero-order chi connectivity index (χ0) is 16.3. The molecular weight excluding hydrogens is 306 g/mol. The Morgan fingerprint density at radius 2 is 2.14 bits per heavy atom. The van der Waals surface area contributed by atoms with E-state index in [2.05, 4.69) is 0 Å². The first-order valence-corrected chi connectivity index (χ1v) is 7.42. The second-order valence-electron chi connectivity index (χ2n) is 4.90. The van der Waals surface area contributed by atoms with Crippen LogP contribution in [0.1, 0.15) is 19.4 Å². The van der Waals surface area contributed by atoms with Crippen molar-refractivity contribution in [3.63, 3.8) is 0 Å². The molecule has 1 aliphatic rings. The molecule has 7 heteroatoms. The maximum absolute atomic E-state index is 12.2. The van der Waals surface area contributed by atoms with Crippen LogP contribution >= 0.6 is 11.8 Å². The van der Waals surface area contributed by atoms with Gasteiger partial charge in [0.25, 0.3) is 11.1 Å². The van der Waals surface area contributed by atoms with Crippen LogP contribution in [-0.2, 0) is 14.3 Å². The highest BCUT2D eigenvalue weighted by molar-refractivity contribution is 8.18. The maximum Gasteiger partial charge on any atom is 0.326 e. The van der Waals surface area contributed by atoms with Crippen molar-refractivity contribution in [1.29, 1.82) is 0 Å². The molecule has 0 bridgehead atoms. The highest BCUT2D eigenvalue weighted by Gasteiger charge is 2.36. The maximum atomic E-state index is 12.2. The normalized spacial score (nSPS) is 16.7. The van der Waals surface area contributed by atoms with E-state index >= 15 is 0 Å². The molecule has 116 valence electrons. The minimum Gasteiger partial charge on any atom is -0.508 e. The molecule has 22 heavy (non-hydrogen) atoms. The van der Waals surface area contributed by atoms with Gasteiger partial charge in [-0.25, -0.2) is 0 Å². The van der Waals surface area contributed by atoms with E-state index in [9.17, 15) is 19.5 Å². The molecular formula is C15H15NO5S. The summed E-state index contributed by atoms with van der Waals surface area (Å²) < 4.78 is 4.93. The van der Waals surface area contributed by atoms with Gasteiger partial charge >= 0.3 is 5.97 Å². The number of thioether (sulfide) groups is 1. The molecule has 0 aromatic heterocycles. The molecule has 1 saturated heterocycles. The number of amides is 2. The number of hydrogen-bond acceptors (Lipinski definition) is 6. The number of carbonyl (C=O) groups is 3. The minimum atomic E-state index is -0.629. The first-order chi connectivity index (χ1) is 10.4. The molecule has 1 aromatic rings. The summed E-state index contributed by atoms with van der Waals surface area (Å²) in [6, 6.07) is 6.30. The molecule has 0 unspecified atom stereocenters. The van der Waals surface area contributed by atoms with Crippen molar-refractivity contribution in [2.75, 3.05) is 6.54 Å². The summed E-state index contributed by atoms with van der Waals surface area (Å²) in [5, 5.41) is 8.88. The standard InChI is InChI=1S/C15H15NO5S/c1-9(2)21-13(18)8-16-14(19)12(22-15(16)20)7-10-4-3-5-11(17)6-10/h3-7,9,17H,8H2,1-2H3/b12-7+. The van der Waals surface area contributed by atoms with E-state index in [1.54, 1.807) is 26.0 Å². The highest BCUT2D eigenvalue weighted by atomic mass is 32.2. The Bertz CT molecular complexity index is 653. The molecule has 0 saturated carbocycles. The van der Waals surface area contributed by atoms with Gasteiger partial charge in [0.1, 0.15) is 12.3 Å². The molecule has 1 heterocycles. The van der Waals surface area contributed by atoms with E-state index in [1.165, 1.54) is 18.2 Å². The molecule has 0 spiro atoms. The van der Waals surface area contributed by atoms with Gasteiger partial charge in [-0.15, -0.1) is 0 Å². The molecule has 1 fully saturated rings. The number of aromatic hydroxyl groups is 1. The smallest absolute Gasteiger partial charge is 0.326 e. The monoisotopic (exact) mass is 321 g/mol. The fourth-order valence-corrected chi connectivity index (χ4v) is 2.67. The number of nitrogens with zero attached hydrogens (tertiary/aromatic N) is 1. The zero-order valence-corrected chi connectivity index (χ0v) is 12.9. The molecule has 1 aromatic carbocycles. The number of ether oxygens (including phenoxy) is 1. The molecule has 0 atom stereocenters. The molecule has 1 aliphatic heterocycles. The summed E-state index contributed by atoms with van der Waals surface area (Å²) >= 11 is 0.752. The third-order valence-electron chi connectivity index (χ3n) is 2.70. The lowest BCUT2D eigenvalue weighted by atomic mass is 10.2. The molecule has 6 nitrogen and oxygen atoms in total. The zero-order valence-electron chi connectivity index (χ0n) is 12.1. The lowest BCUT2D eigenvalue weighted by Crippen LogP contribution is -2.35. The van der Waals surface area contributed by atoms with E-state index < -0.39 is 23.7 Å². The Balaban J connectivity index is 2.13. The average molecular weight is 321 g/mol. The molecule has 2 amide bonds. The van der Waals surface area contributed by atoms with Gasteiger partial charge in [-0.2, -0.15) is 0 Å². The summed E-state index contributed by atoms with van der Waals surface area (Å²) in [6.07, 6.45) is 1.19. The van der Waals surface area contributed by atoms with Crippen molar-refractivity contribution in [2.24, 2.45) is 0 Å². The Hall–Kier alpha value is -2.28. The van der Waals surface area contributed by atoms with Crippen LogP contribution in [0.5, 0.6) is 5.75 Å². The van der Waals surface area contributed by atoms with E-state index in [1.807, 2.05) is 0 Å². The molecule has 1 N–H and O–H groups in total.